The Morgan fingerprint density at radius 2 is 1.67 bits per heavy atom. The summed E-state index contributed by atoms with van der Waals surface area (Å²) in [6.45, 7) is 0.374. The molecule has 0 spiro atoms. The predicted octanol–water partition coefficient (Wildman–Crippen LogP) is 0.635. The van der Waals surface area contributed by atoms with Crippen molar-refractivity contribution in [2.45, 2.75) is 6.67 Å². The van der Waals surface area contributed by atoms with Gasteiger partial charge in [-0.2, -0.15) is 0 Å². The third-order valence-electron chi connectivity index (χ3n) is 2.14. The van der Waals surface area contributed by atoms with Crippen LogP contribution in [0.5, 0.6) is 0 Å². The summed E-state index contributed by atoms with van der Waals surface area (Å²) in [6, 6.07) is 10.3. The minimum absolute atomic E-state index is 0.0618. The molecular formula is C11H11N3O. The van der Waals surface area contributed by atoms with Crippen LogP contribution in [0.4, 0.5) is 0 Å². The Morgan fingerprint density at radius 3 is 2.33 bits per heavy atom. The molecule has 0 bridgehead atoms. The number of aromatic nitrogens is 2. The van der Waals surface area contributed by atoms with Gasteiger partial charge in [-0.3, -0.25) is 14.8 Å². The van der Waals surface area contributed by atoms with Gasteiger partial charge in [0.1, 0.15) is 12.2 Å². The average Bonchev–Trinajstić information content (AvgIpc) is 2.24. The first-order valence-corrected chi connectivity index (χ1v) is 4.63. The van der Waals surface area contributed by atoms with Gasteiger partial charge in [0.15, 0.2) is 0 Å². The monoisotopic (exact) mass is 201 g/mol. The van der Waals surface area contributed by atoms with Crippen molar-refractivity contribution in [2.24, 2.45) is 0 Å². The van der Waals surface area contributed by atoms with Crippen LogP contribution in [0.2, 0.25) is 0 Å². The molecular weight excluding hydrogens is 190 g/mol. The fourth-order valence-electron chi connectivity index (χ4n) is 1.34. The lowest BCUT2D eigenvalue weighted by Crippen LogP contribution is -2.28. The molecule has 0 aliphatic heterocycles. The largest absolute Gasteiger partial charge is 0.315 e. The number of nitrogens with zero attached hydrogens (tertiary/aromatic N) is 2. The number of hydrogen-bond donors (Lipinski definition) is 1. The van der Waals surface area contributed by atoms with Crippen LogP contribution in [0.3, 0.4) is 0 Å². The standard InChI is InChI=1S/C11H11N3O/c12-10-5-1-3-7-13(10)9-14-8-4-2-6-11(14)15/h1-8,12H,9H2. The van der Waals surface area contributed by atoms with Gasteiger partial charge >= 0.3 is 0 Å². The topological polar surface area (TPSA) is 50.8 Å². The van der Waals surface area contributed by atoms with Crippen LogP contribution in [0, 0.1) is 5.41 Å². The Hall–Kier alpha value is -2.10. The maximum absolute atomic E-state index is 11.4. The highest BCUT2D eigenvalue weighted by Gasteiger charge is 1.94. The maximum atomic E-state index is 11.4. The van der Waals surface area contributed by atoms with Crippen LogP contribution in [-0.4, -0.2) is 9.13 Å². The van der Waals surface area contributed by atoms with Crippen LogP contribution < -0.4 is 11.0 Å². The summed E-state index contributed by atoms with van der Waals surface area (Å²) in [5.41, 5.74) is 0.321. The molecule has 2 aromatic rings. The van der Waals surface area contributed by atoms with Gasteiger partial charge in [0.05, 0.1) is 0 Å². The van der Waals surface area contributed by atoms with E-state index in [9.17, 15) is 4.79 Å². The van der Waals surface area contributed by atoms with Gasteiger partial charge in [0.25, 0.3) is 5.56 Å². The predicted molar refractivity (Wildman–Crippen MR) is 56.4 cm³/mol. The molecule has 4 heteroatoms. The summed E-state index contributed by atoms with van der Waals surface area (Å²) in [7, 11) is 0. The third kappa shape index (κ3) is 2.04. The van der Waals surface area contributed by atoms with Crippen LogP contribution in [-0.2, 0) is 6.67 Å². The van der Waals surface area contributed by atoms with E-state index < -0.39 is 0 Å². The van der Waals surface area contributed by atoms with E-state index in [0.717, 1.165) is 0 Å². The molecule has 76 valence electrons. The molecule has 0 saturated heterocycles. The van der Waals surface area contributed by atoms with Gasteiger partial charge in [-0.1, -0.05) is 12.1 Å². The molecule has 0 aromatic carbocycles. The highest BCUT2D eigenvalue weighted by Crippen LogP contribution is 1.85. The number of pyridine rings is 2. The van der Waals surface area contributed by atoms with Crippen molar-refractivity contribution in [1.82, 2.24) is 9.13 Å². The van der Waals surface area contributed by atoms with E-state index in [-0.39, 0.29) is 5.56 Å². The van der Waals surface area contributed by atoms with Gasteiger partial charge in [-0.25, -0.2) is 0 Å². The molecule has 2 heterocycles. The molecule has 0 radical (unpaired) electrons. The van der Waals surface area contributed by atoms with Crippen LogP contribution in [0.1, 0.15) is 0 Å². The fraction of sp³-hybridized carbons (Fsp3) is 0.0909. The summed E-state index contributed by atoms with van der Waals surface area (Å²) >= 11 is 0. The lowest BCUT2D eigenvalue weighted by Gasteiger charge is -2.08. The molecule has 0 saturated carbocycles. The zero-order valence-electron chi connectivity index (χ0n) is 8.13. The zero-order chi connectivity index (χ0) is 10.7. The van der Waals surface area contributed by atoms with Gasteiger partial charge in [-0.15, -0.1) is 0 Å². The summed E-state index contributed by atoms with van der Waals surface area (Å²) in [6.07, 6.45) is 3.49. The molecule has 2 aromatic heterocycles. The molecule has 2 rings (SSSR count). The van der Waals surface area contributed by atoms with E-state index in [4.69, 9.17) is 5.41 Å². The number of rotatable bonds is 2. The molecule has 4 nitrogen and oxygen atoms in total. The highest BCUT2D eigenvalue weighted by atomic mass is 16.1. The quantitative estimate of drug-likeness (QED) is 0.761. The van der Waals surface area contributed by atoms with Gasteiger partial charge in [0.2, 0.25) is 0 Å². The van der Waals surface area contributed by atoms with E-state index in [1.165, 1.54) is 6.07 Å². The molecule has 15 heavy (non-hydrogen) atoms. The highest BCUT2D eigenvalue weighted by molar-refractivity contribution is 4.95. The summed E-state index contributed by atoms with van der Waals surface area (Å²) in [5, 5.41) is 7.64. The normalized spacial score (nSPS) is 10.1. The third-order valence-corrected chi connectivity index (χ3v) is 2.14. The number of hydrogen-bond acceptors (Lipinski definition) is 2. The second kappa shape index (κ2) is 3.96. The van der Waals surface area contributed by atoms with Crippen LogP contribution in [0.25, 0.3) is 0 Å². The smallest absolute Gasteiger partial charge is 0.251 e. The molecule has 1 N–H and O–H groups in total. The first-order valence-electron chi connectivity index (χ1n) is 4.63. The minimum atomic E-state index is -0.0618. The Morgan fingerprint density at radius 1 is 1.00 bits per heavy atom. The van der Waals surface area contributed by atoms with Crippen LogP contribution in [0.15, 0.2) is 53.6 Å². The van der Waals surface area contributed by atoms with Gasteiger partial charge in [-0.05, 0) is 18.2 Å². The van der Waals surface area contributed by atoms with E-state index in [1.54, 1.807) is 45.8 Å². The van der Waals surface area contributed by atoms with Crippen molar-refractivity contribution in [1.29, 1.82) is 5.41 Å². The molecule has 0 atom stereocenters. The fourth-order valence-corrected chi connectivity index (χ4v) is 1.34. The molecule has 0 fully saturated rings. The van der Waals surface area contributed by atoms with E-state index >= 15 is 0 Å². The summed E-state index contributed by atoms with van der Waals surface area (Å²) in [4.78, 5) is 11.4. The number of nitrogens with one attached hydrogen (secondary N) is 1. The SMILES string of the molecule is N=c1ccccn1Cn1ccccc1=O. The lowest BCUT2D eigenvalue weighted by atomic mass is 10.4. The Balaban J connectivity index is 2.39. The van der Waals surface area contributed by atoms with Gasteiger partial charge in [0, 0.05) is 18.5 Å². The molecule has 0 unspecified atom stereocenters. The Kier molecular flexibility index (Phi) is 2.49. The van der Waals surface area contributed by atoms with Crippen molar-refractivity contribution in [2.75, 3.05) is 0 Å². The van der Waals surface area contributed by atoms with Crippen LogP contribution >= 0.6 is 0 Å². The van der Waals surface area contributed by atoms with Gasteiger partial charge < -0.3 is 4.57 Å². The first-order chi connectivity index (χ1) is 7.27. The minimum Gasteiger partial charge on any atom is -0.315 e. The van der Waals surface area contributed by atoms with Crippen molar-refractivity contribution in [3.8, 4) is 0 Å². The second-order valence-electron chi connectivity index (χ2n) is 3.21. The second-order valence-corrected chi connectivity index (χ2v) is 3.21. The van der Waals surface area contributed by atoms with E-state index in [1.807, 2.05) is 6.07 Å². The summed E-state index contributed by atoms with van der Waals surface area (Å²) in [5.74, 6) is 0. The van der Waals surface area contributed by atoms with Crippen molar-refractivity contribution in [3.63, 3.8) is 0 Å². The molecule has 0 amide bonds. The van der Waals surface area contributed by atoms with Crippen molar-refractivity contribution in [3.05, 3.63) is 64.6 Å². The zero-order valence-corrected chi connectivity index (χ0v) is 8.13. The Bertz CT molecular complexity index is 517. The van der Waals surface area contributed by atoms with E-state index in [2.05, 4.69) is 0 Å². The molecule has 0 aliphatic carbocycles. The molecule has 0 aliphatic rings. The lowest BCUT2D eigenvalue weighted by molar-refractivity contribution is 0.561. The van der Waals surface area contributed by atoms with E-state index in [0.29, 0.717) is 12.2 Å². The Labute approximate surface area is 86.6 Å². The average molecular weight is 201 g/mol. The van der Waals surface area contributed by atoms with Crippen molar-refractivity contribution >= 4 is 0 Å². The first kappa shape index (κ1) is 9.45. The van der Waals surface area contributed by atoms with Crippen molar-refractivity contribution < 1.29 is 0 Å². The summed E-state index contributed by atoms with van der Waals surface area (Å²) < 4.78 is 3.25. The maximum Gasteiger partial charge on any atom is 0.251 e.